The Balaban J connectivity index is 1.96. The summed E-state index contributed by atoms with van der Waals surface area (Å²) in [6, 6.07) is 29.2. The molecule has 4 aromatic rings. The first-order valence-electron chi connectivity index (χ1n) is 11.4. The Labute approximate surface area is 200 Å². The minimum Gasteiger partial charge on any atom is -0.508 e. The predicted octanol–water partition coefficient (Wildman–Crippen LogP) is 6.60. The molecule has 0 spiro atoms. The standard InChI is InChI=1S/C30H30O4/c1-3-30(23-8-16-27(33)17-9-23,24-10-18-28(34)19-11-24)20-29(2,21-4-12-25(31)13-5-21)22-6-14-26(32)15-7-22/h4-19,31-34H,3,20H2,1-2H3. The van der Waals surface area contributed by atoms with Gasteiger partial charge in [-0.1, -0.05) is 62.4 Å². The zero-order valence-corrected chi connectivity index (χ0v) is 19.4. The molecule has 0 bridgehead atoms. The lowest BCUT2D eigenvalue weighted by Gasteiger charge is -2.43. The molecule has 0 fully saturated rings. The molecule has 0 aromatic heterocycles. The highest BCUT2D eigenvalue weighted by Crippen LogP contribution is 2.49. The highest BCUT2D eigenvalue weighted by atomic mass is 16.3. The molecule has 0 atom stereocenters. The third-order valence-corrected chi connectivity index (χ3v) is 7.11. The molecule has 0 saturated heterocycles. The average Bonchev–Trinajstić information content (AvgIpc) is 2.84. The van der Waals surface area contributed by atoms with Gasteiger partial charge in [-0.15, -0.1) is 0 Å². The molecule has 34 heavy (non-hydrogen) atoms. The van der Waals surface area contributed by atoms with Crippen molar-refractivity contribution in [2.75, 3.05) is 0 Å². The van der Waals surface area contributed by atoms with Crippen LogP contribution in [0.15, 0.2) is 97.1 Å². The van der Waals surface area contributed by atoms with Crippen LogP contribution in [0.1, 0.15) is 48.9 Å². The van der Waals surface area contributed by atoms with Crippen LogP contribution in [0, 0.1) is 0 Å². The fourth-order valence-corrected chi connectivity index (χ4v) is 5.10. The summed E-state index contributed by atoms with van der Waals surface area (Å²) < 4.78 is 0. The number of rotatable bonds is 7. The van der Waals surface area contributed by atoms with Gasteiger partial charge in [0, 0.05) is 10.8 Å². The van der Waals surface area contributed by atoms with E-state index in [-0.39, 0.29) is 23.0 Å². The van der Waals surface area contributed by atoms with Crippen molar-refractivity contribution in [1.29, 1.82) is 0 Å². The molecular formula is C30H30O4. The third kappa shape index (κ3) is 4.32. The maximum absolute atomic E-state index is 9.96. The summed E-state index contributed by atoms with van der Waals surface area (Å²) in [5.41, 5.74) is 3.24. The van der Waals surface area contributed by atoms with E-state index in [4.69, 9.17) is 0 Å². The summed E-state index contributed by atoms with van der Waals surface area (Å²) in [7, 11) is 0. The highest BCUT2D eigenvalue weighted by molar-refractivity contribution is 5.48. The summed E-state index contributed by atoms with van der Waals surface area (Å²) in [5.74, 6) is 0.824. The Morgan fingerprint density at radius 2 is 0.735 bits per heavy atom. The maximum Gasteiger partial charge on any atom is 0.115 e. The van der Waals surface area contributed by atoms with Gasteiger partial charge in [0.05, 0.1) is 0 Å². The van der Waals surface area contributed by atoms with Gasteiger partial charge < -0.3 is 20.4 Å². The van der Waals surface area contributed by atoms with Crippen LogP contribution < -0.4 is 0 Å². The summed E-state index contributed by atoms with van der Waals surface area (Å²) in [5, 5.41) is 39.8. The highest BCUT2D eigenvalue weighted by Gasteiger charge is 2.42. The van der Waals surface area contributed by atoms with Gasteiger partial charge >= 0.3 is 0 Å². The summed E-state index contributed by atoms with van der Waals surface area (Å²) in [4.78, 5) is 0. The van der Waals surface area contributed by atoms with Crippen LogP contribution in [0.5, 0.6) is 23.0 Å². The van der Waals surface area contributed by atoms with Gasteiger partial charge in [-0.3, -0.25) is 0 Å². The summed E-state index contributed by atoms with van der Waals surface area (Å²) in [6.45, 7) is 4.32. The van der Waals surface area contributed by atoms with E-state index in [2.05, 4.69) is 13.8 Å². The quantitative estimate of drug-likeness (QED) is 0.254. The zero-order valence-electron chi connectivity index (χ0n) is 19.4. The van der Waals surface area contributed by atoms with Gasteiger partial charge in [-0.25, -0.2) is 0 Å². The largest absolute Gasteiger partial charge is 0.508 e. The van der Waals surface area contributed by atoms with E-state index >= 15 is 0 Å². The van der Waals surface area contributed by atoms with Crippen molar-refractivity contribution in [3.63, 3.8) is 0 Å². The van der Waals surface area contributed by atoms with Gasteiger partial charge in [0.2, 0.25) is 0 Å². The van der Waals surface area contributed by atoms with Gasteiger partial charge in [-0.05, 0) is 83.6 Å². The Bertz CT molecular complexity index is 1130. The fourth-order valence-electron chi connectivity index (χ4n) is 5.10. The molecule has 174 valence electrons. The normalized spacial score (nSPS) is 11.9. The average molecular weight is 455 g/mol. The second-order valence-corrected chi connectivity index (χ2v) is 9.13. The van der Waals surface area contributed by atoms with Crippen LogP contribution >= 0.6 is 0 Å². The molecule has 0 radical (unpaired) electrons. The number of hydrogen-bond donors (Lipinski definition) is 4. The molecule has 4 heteroatoms. The van der Waals surface area contributed by atoms with Crippen LogP contribution in [0.4, 0.5) is 0 Å². The second-order valence-electron chi connectivity index (χ2n) is 9.13. The maximum atomic E-state index is 9.96. The minimum atomic E-state index is -0.493. The first-order valence-corrected chi connectivity index (χ1v) is 11.4. The van der Waals surface area contributed by atoms with E-state index < -0.39 is 10.8 Å². The number of benzene rings is 4. The van der Waals surface area contributed by atoms with Crippen molar-refractivity contribution in [2.45, 2.75) is 37.5 Å². The molecule has 0 saturated carbocycles. The lowest BCUT2D eigenvalue weighted by molar-refractivity contribution is 0.357. The molecule has 0 aliphatic rings. The SMILES string of the molecule is CCC(CC(C)(c1ccc(O)cc1)c1ccc(O)cc1)(c1ccc(O)cc1)c1ccc(O)cc1. The van der Waals surface area contributed by atoms with Crippen LogP contribution in [-0.4, -0.2) is 20.4 Å². The molecule has 0 unspecified atom stereocenters. The Hall–Kier alpha value is -3.92. The van der Waals surface area contributed by atoms with Crippen LogP contribution in [-0.2, 0) is 10.8 Å². The van der Waals surface area contributed by atoms with Crippen molar-refractivity contribution < 1.29 is 20.4 Å². The molecule has 0 heterocycles. The first-order chi connectivity index (χ1) is 16.3. The predicted molar refractivity (Wildman–Crippen MR) is 135 cm³/mol. The minimum absolute atomic E-state index is 0.204. The van der Waals surface area contributed by atoms with E-state index in [1.54, 1.807) is 48.5 Å². The van der Waals surface area contributed by atoms with Crippen LogP contribution in [0.2, 0.25) is 0 Å². The van der Waals surface area contributed by atoms with Crippen molar-refractivity contribution in [3.8, 4) is 23.0 Å². The van der Waals surface area contributed by atoms with E-state index in [0.717, 1.165) is 28.7 Å². The molecule has 4 aromatic carbocycles. The monoisotopic (exact) mass is 454 g/mol. The van der Waals surface area contributed by atoms with E-state index in [9.17, 15) is 20.4 Å². The van der Waals surface area contributed by atoms with Crippen molar-refractivity contribution >= 4 is 0 Å². The van der Waals surface area contributed by atoms with Crippen LogP contribution in [0.3, 0.4) is 0 Å². The molecular weight excluding hydrogens is 424 g/mol. The van der Waals surface area contributed by atoms with Gasteiger partial charge in [0.15, 0.2) is 0 Å². The smallest absolute Gasteiger partial charge is 0.115 e. The molecule has 0 amide bonds. The van der Waals surface area contributed by atoms with E-state index in [1.807, 2.05) is 48.5 Å². The number of aromatic hydroxyl groups is 4. The number of hydrogen-bond acceptors (Lipinski definition) is 4. The summed E-state index contributed by atoms with van der Waals surface area (Å²) >= 11 is 0. The van der Waals surface area contributed by atoms with Crippen molar-refractivity contribution in [3.05, 3.63) is 119 Å². The van der Waals surface area contributed by atoms with Crippen molar-refractivity contribution in [1.82, 2.24) is 0 Å². The van der Waals surface area contributed by atoms with Crippen LogP contribution in [0.25, 0.3) is 0 Å². The lowest BCUT2D eigenvalue weighted by Crippen LogP contribution is -2.37. The van der Waals surface area contributed by atoms with E-state index in [1.165, 1.54) is 0 Å². The van der Waals surface area contributed by atoms with Gasteiger partial charge in [0.25, 0.3) is 0 Å². The Kier molecular flexibility index (Phi) is 6.25. The number of phenols is 4. The van der Waals surface area contributed by atoms with Gasteiger partial charge in [-0.2, -0.15) is 0 Å². The van der Waals surface area contributed by atoms with Crippen molar-refractivity contribution in [2.24, 2.45) is 0 Å². The van der Waals surface area contributed by atoms with Gasteiger partial charge in [0.1, 0.15) is 23.0 Å². The Morgan fingerprint density at radius 1 is 0.471 bits per heavy atom. The molecule has 4 N–H and O–H groups in total. The molecule has 4 nitrogen and oxygen atoms in total. The Morgan fingerprint density at radius 3 is 1.00 bits per heavy atom. The molecule has 4 rings (SSSR count). The second kappa shape index (κ2) is 9.14. The zero-order chi connectivity index (χ0) is 24.3. The lowest BCUT2D eigenvalue weighted by atomic mass is 9.60. The topological polar surface area (TPSA) is 80.9 Å². The molecule has 0 aliphatic carbocycles. The number of phenolic OH excluding ortho intramolecular Hbond substituents is 4. The summed E-state index contributed by atoms with van der Waals surface area (Å²) in [6.07, 6.45) is 1.44. The molecule has 0 aliphatic heterocycles. The fraction of sp³-hybridized carbons (Fsp3) is 0.200. The first kappa shape index (κ1) is 23.2. The van der Waals surface area contributed by atoms with E-state index in [0.29, 0.717) is 6.42 Å². The third-order valence-electron chi connectivity index (χ3n) is 7.11.